The van der Waals surface area contributed by atoms with E-state index in [0.29, 0.717) is 6.04 Å². The number of nitrogens with zero attached hydrogens (tertiary/aromatic N) is 1. The van der Waals surface area contributed by atoms with E-state index >= 15 is 0 Å². The van der Waals surface area contributed by atoms with Gasteiger partial charge < -0.3 is 15.0 Å². The lowest BCUT2D eigenvalue weighted by atomic mass is 10.0. The molecule has 1 amide bonds. The third-order valence-corrected chi connectivity index (χ3v) is 4.00. The molecule has 104 valence electrons. The molecule has 2 atom stereocenters. The number of carbonyl (C=O) groups excluding carboxylic acids is 1. The summed E-state index contributed by atoms with van der Waals surface area (Å²) in [7, 11) is 0. The number of hydrogen-bond acceptors (Lipinski definition) is 3. The van der Waals surface area contributed by atoms with Gasteiger partial charge in [-0.1, -0.05) is 6.92 Å². The van der Waals surface area contributed by atoms with Crippen LogP contribution in [0.1, 0.15) is 46.0 Å². The number of ether oxygens (including phenoxy) is 1. The molecular formula is C14H26N2O2. The van der Waals surface area contributed by atoms with E-state index in [2.05, 4.69) is 12.2 Å². The number of hydrogen-bond donors (Lipinski definition) is 1. The highest BCUT2D eigenvalue weighted by Gasteiger charge is 2.33. The number of likely N-dealkylation sites (tertiary alicyclic amines) is 1. The quantitative estimate of drug-likeness (QED) is 0.827. The van der Waals surface area contributed by atoms with Crippen LogP contribution in [0.5, 0.6) is 0 Å². The van der Waals surface area contributed by atoms with Crippen molar-refractivity contribution in [3.05, 3.63) is 0 Å². The Morgan fingerprint density at radius 3 is 2.56 bits per heavy atom. The summed E-state index contributed by atoms with van der Waals surface area (Å²) in [5, 5.41) is 3.54. The van der Waals surface area contributed by atoms with E-state index in [0.717, 1.165) is 45.3 Å². The van der Waals surface area contributed by atoms with E-state index in [-0.39, 0.29) is 18.1 Å². The Balaban J connectivity index is 1.73. The van der Waals surface area contributed by atoms with Crippen LogP contribution >= 0.6 is 0 Å². The van der Waals surface area contributed by atoms with Crippen LogP contribution in [0.3, 0.4) is 0 Å². The maximum atomic E-state index is 12.2. The Morgan fingerprint density at radius 2 is 2.00 bits per heavy atom. The van der Waals surface area contributed by atoms with Gasteiger partial charge in [-0.25, -0.2) is 0 Å². The van der Waals surface area contributed by atoms with E-state index in [1.54, 1.807) is 0 Å². The highest BCUT2D eigenvalue weighted by Crippen LogP contribution is 2.22. The molecule has 1 N–H and O–H groups in total. The molecule has 0 bridgehead atoms. The van der Waals surface area contributed by atoms with Crippen LogP contribution < -0.4 is 5.32 Å². The normalized spacial score (nSPS) is 29.8. The highest BCUT2D eigenvalue weighted by molar-refractivity contribution is 5.81. The second-order valence-corrected chi connectivity index (χ2v) is 5.57. The van der Waals surface area contributed by atoms with Gasteiger partial charge in [0.15, 0.2) is 0 Å². The molecular weight excluding hydrogens is 228 g/mol. The number of rotatable bonds is 4. The highest BCUT2D eigenvalue weighted by atomic mass is 16.5. The van der Waals surface area contributed by atoms with Crippen molar-refractivity contribution in [2.45, 2.75) is 64.2 Å². The van der Waals surface area contributed by atoms with Gasteiger partial charge in [0, 0.05) is 19.1 Å². The molecule has 2 aliphatic heterocycles. The Bertz CT molecular complexity index is 275. The SMILES string of the molecule is CCCNC1CCN(C(=O)C2CCC(C)O2)CC1. The van der Waals surface area contributed by atoms with Crippen molar-refractivity contribution < 1.29 is 9.53 Å². The summed E-state index contributed by atoms with van der Waals surface area (Å²) in [6.45, 7) is 7.09. The van der Waals surface area contributed by atoms with Crippen molar-refractivity contribution in [2.24, 2.45) is 0 Å². The molecule has 0 aromatic rings. The fourth-order valence-electron chi connectivity index (χ4n) is 2.84. The monoisotopic (exact) mass is 254 g/mol. The number of carbonyl (C=O) groups is 1. The topological polar surface area (TPSA) is 41.6 Å². The number of piperidine rings is 1. The Labute approximate surface area is 110 Å². The first-order valence-corrected chi connectivity index (χ1v) is 7.38. The third kappa shape index (κ3) is 3.45. The van der Waals surface area contributed by atoms with Crippen molar-refractivity contribution >= 4 is 5.91 Å². The predicted octanol–water partition coefficient (Wildman–Crippen LogP) is 1.54. The second-order valence-electron chi connectivity index (χ2n) is 5.57. The van der Waals surface area contributed by atoms with Gasteiger partial charge in [-0.2, -0.15) is 0 Å². The first-order chi connectivity index (χ1) is 8.70. The van der Waals surface area contributed by atoms with E-state index in [9.17, 15) is 4.79 Å². The molecule has 2 fully saturated rings. The smallest absolute Gasteiger partial charge is 0.251 e. The summed E-state index contributed by atoms with van der Waals surface area (Å²) >= 11 is 0. The van der Waals surface area contributed by atoms with Crippen LogP contribution in [0.4, 0.5) is 0 Å². The minimum atomic E-state index is -0.167. The lowest BCUT2D eigenvalue weighted by Gasteiger charge is -2.33. The molecule has 0 aliphatic carbocycles. The Kier molecular flexibility index (Phi) is 5.01. The van der Waals surface area contributed by atoms with E-state index in [1.165, 1.54) is 6.42 Å². The molecule has 2 saturated heterocycles. The summed E-state index contributed by atoms with van der Waals surface area (Å²) < 4.78 is 5.66. The molecule has 18 heavy (non-hydrogen) atoms. The van der Waals surface area contributed by atoms with Gasteiger partial charge in [0.05, 0.1) is 6.10 Å². The average Bonchev–Trinajstić information content (AvgIpc) is 2.83. The first-order valence-electron chi connectivity index (χ1n) is 7.38. The van der Waals surface area contributed by atoms with Crippen molar-refractivity contribution in [3.8, 4) is 0 Å². The van der Waals surface area contributed by atoms with Crippen molar-refractivity contribution in [2.75, 3.05) is 19.6 Å². The fourth-order valence-corrected chi connectivity index (χ4v) is 2.84. The molecule has 4 heteroatoms. The third-order valence-electron chi connectivity index (χ3n) is 4.00. The molecule has 2 unspecified atom stereocenters. The molecule has 2 rings (SSSR count). The Morgan fingerprint density at radius 1 is 1.28 bits per heavy atom. The molecule has 0 saturated carbocycles. The molecule has 0 aromatic heterocycles. The molecule has 2 heterocycles. The van der Waals surface area contributed by atoms with E-state index < -0.39 is 0 Å². The molecule has 4 nitrogen and oxygen atoms in total. The summed E-state index contributed by atoms with van der Waals surface area (Å²) in [6, 6.07) is 0.595. The maximum Gasteiger partial charge on any atom is 0.251 e. The zero-order valence-corrected chi connectivity index (χ0v) is 11.7. The number of nitrogens with one attached hydrogen (secondary N) is 1. The van der Waals surface area contributed by atoms with Crippen molar-refractivity contribution in [1.82, 2.24) is 10.2 Å². The zero-order valence-electron chi connectivity index (χ0n) is 11.7. The first kappa shape index (κ1) is 13.8. The summed E-state index contributed by atoms with van der Waals surface area (Å²) in [5.74, 6) is 0.216. The van der Waals surface area contributed by atoms with Gasteiger partial charge in [0.1, 0.15) is 6.10 Å². The molecule has 0 radical (unpaired) electrons. The Hall–Kier alpha value is -0.610. The average molecular weight is 254 g/mol. The van der Waals surface area contributed by atoms with Crippen LogP contribution in [0, 0.1) is 0 Å². The van der Waals surface area contributed by atoms with Gasteiger partial charge in [-0.3, -0.25) is 4.79 Å². The largest absolute Gasteiger partial charge is 0.365 e. The molecule has 2 aliphatic rings. The summed E-state index contributed by atoms with van der Waals surface area (Å²) in [5.41, 5.74) is 0. The van der Waals surface area contributed by atoms with Crippen LogP contribution in [0.2, 0.25) is 0 Å². The van der Waals surface area contributed by atoms with E-state index in [1.807, 2.05) is 11.8 Å². The van der Waals surface area contributed by atoms with Crippen LogP contribution in [-0.4, -0.2) is 48.7 Å². The van der Waals surface area contributed by atoms with Gasteiger partial charge in [0.25, 0.3) is 5.91 Å². The van der Waals surface area contributed by atoms with Crippen LogP contribution in [-0.2, 0) is 9.53 Å². The van der Waals surface area contributed by atoms with Gasteiger partial charge >= 0.3 is 0 Å². The standard InChI is InChI=1S/C14H26N2O2/c1-3-8-15-12-6-9-16(10-7-12)14(17)13-5-4-11(2)18-13/h11-13,15H,3-10H2,1-2H3. The van der Waals surface area contributed by atoms with E-state index in [4.69, 9.17) is 4.74 Å². The number of amides is 1. The molecule has 0 spiro atoms. The molecule has 0 aromatic carbocycles. The summed E-state index contributed by atoms with van der Waals surface area (Å²) in [4.78, 5) is 14.2. The predicted molar refractivity (Wildman–Crippen MR) is 71.5 cm³/mol. The van der Waals surface area contributed by atoms with Crippen LogP contribution in [0.25, 0.3) is 0 Å². The van der Waals surface area contributed by atoms with Gasteiger partial charge in [-0.05, 0) is 45.6 Å². The van der Waals surface area contributed by atoms with Crippen molar-refractivity contribution in [1.29, 1.82) is 0 Å². The summed E-state index contributed by atoms with van der Waals surface area (Å²) in [6.07, 6.45) is 5.33. The minimum absolute atomic E-state index is 0.167. The lowest BCUT2D eigenvalue weighted by molar-refractivity contribution is -0.143. The van der Waals surface area contributed by atoms with Gasteiger partial charge in [-0.15, -0.1) is 0 Å². The minimum Gasteiger partial charge on any atom is -0.365 e. The second kappa shape index (κ2) is 6.53. The van der Waals surface area contributed by atoms with Gasteiger partial charge in [0.2, 0.25) is 0 Å². The maximum absolute atomic E-state index is 12.2. The zero-order chi connectivity index (χ0) is 13.0. The fraction of sp³-hybridized carbons (Fsp3) is 0.929. The van der Waals surface area contributed by atoms with Crippen molar-refractivity contribution in [3.63, 3.8) is 0 Å². The van der Waals surface area contributed by atoms with Crippen LogP contribution in [0.15, 0.2) is 0 Å². The lowest BCUT2D eigenvalue weighted by Crippen LogP contribution is -2.48.